The van der Waals surface area contributed by atoms with Crippen molar-refractivity contribution in [2.45, 2.75) is 25.0 Å². The van der Waals surface area contributed by atoms with Crippen LogP contribution in [0.15, 0.2) is 0 Å². The molecule has 2 aliphatic heterocycles. The Kier molecular flexibility index (Phi) is 2.08. The number of esters is 1. The highest BCUT2D eigenvalue weighted by Gasteiger charge is 2.66. The standard InChI is InChI=1S/C8H12O5S/c1-2-12-7(9)6-8(13-6)3-4-14(10,11)5-8/h6H,2-5H2,1H3. The fraction of sp³-hybridized carbons (Fsp3) is 0.875. The third-order valence-corrected chi connectivity index (χ3v) is 4.33. The van der Waals surface area contributed by atoms with Gasteiger partial charge < -0.3 is 9.47 Å². The summed E-state index contributed by atoms with van der Waals surface area (Å²) in [7, 11) is -3.01. The molecule has 2 fully saturated rings. The van der Waals surface area contributed by atoms with E-state index in [1.54, 1.807) is 6.92 Å². The Morgan fingerprint density at radius 3 is 2.86 bits per heavy atom. The van der Waals surface area contributed by atoms with Gasteiger partial charge in [0, 0.05) is 0 Å². The lowest BCUT2D eigenvalue weighted by Crippen LogP contribution is -2.23. The Balaban J connectivity index is 2.02. The highest BCUT2D eigenvalue weighted by Crippen LogP contribution is 2.45. The zero-order chi connectivity index (χ0) is 10.4. The van der Waals surface area contributed by atoms with Crippen molar-refractivity contribution in [2.75, 3.05) is 18.1 Å². The number of sulfone groups is 1. The highest BCUT2D eigenvalue weighted by molar-refractivity contribution is 7.91. The van der Waals surface area contributed by atoms with E-state index in [2.05, 4.69) is 0 Å². The van der Waals surface area contributed by atoms with Crippen molar-refractivity contribution in [1.82, 2.24) is 0 Å². The molecule has 80 valence electrons. The van der Waals surface area contributed by atoms with Gasteiger partial charge in [-0.2, -0.15) is 0 Å². The minimum atomic E-state index is -3.01. The van der Waals surface area contributed by atoms with Crippen LogP contribution >= 0.6 is 0 Å². The maximum atomic E-state index is 11.2. The van der Waals surface area contributed by atoms with E-state index in [9.17, 15) is 13.2 Å². The van der Waals surface area contributed by atoms with Crippen LogP contribution in [0.2, 0.25) is 0 Å². The van der Waals surface area contributed by atoms with Gasteiger partial charge in [-0.3, -0.25) is 0 Å². The summed E-state index contributed by atoms with van der Waals surface area (Å²) in [5, 5.41) is 0. The fourth-order valence-corrected chi connectivity index (χ4v) is 3.74. The summed E-state index contributed by atoms with van der Waals surface area (Å²) in [5.41, 5.74) is -0.745. The molecule has 0 N–H and O–H groups in total. The van der Waals surface area contributed by atoms with Gasteiger partial charge in [-0.05, 0) is 13.3 Å². The minimum Gasteiger partial charge on any atom is -0.464 e. The molecular weight excluding hydrogens is 208 g/mol. The average molecular weight is 220 g/mol. The summed E-state index contributed by atoms with van der Waals surface area (Å²) in [6.07, 6.45) is -0.238. The van der Waals surface area contributed by atoms with Crippen LogP contribution in [-0.2, 0) is 24.1 Å². The zero-order valence-corrected chi connectivity index (χ0v) is 8.67. The van der Waals surface area contributed by atoms with Crippen LogP contribution in [0.3, 0.4) is 0 Å². The van der Waals surface area contributed by atoms with Gasteiger partial charge in [0.15, 0.2) is 15.9 Å². The second-order valence-electron chi connectivity index (χ2n) is 3.66. The number of carbonyl (C=O) groups excluding carboxylic acids is 1. The second-order valence-corrected chi connectivity index (χ2v) is 5.84. The molecule has 1 spiro atoms. The van der Waals surface area contributed by atoms with Crippen molar-refractivity contribution >= 4 is 15.8 Å². The maximum Gasteiger partial charge on any atom is 0.338 e. The van der Waals surface area contributed by atoms with Crippen LogP contribution in [0, 0.1) is 0 Å². The number of ether oxygens (including phenoxy) is 2. The van der Waals surface area contributed by atoms with E-state index < -0.39 is 27.5 Å². The predicted octanol–water partition coefficient (Wildman–Crippen LogP) is -0.494. The Hall–Kier alpha value is -0.620. The lowest BCUT2D eigenvalue weighted by atomic mass is 10.1. The Labute approximate surface area is 82.3 Å². The third-order valence-electron chi connectivity index (χ3n) is 2.57. The molecule has 5 nitrogen and oxygen atoms in total. The molecule has 2 aliphatic rings. The lowest BCUT2D eigenvalue weighted by molar-refractivity contribution is -0.144. The molecular formula is C8H12O5S. The van der Waals surface area contributed by atoms with E-state index in [-0.39, 0.29) is 11.5 Å². The largest absolute Gasteiger partial charge is 0.464 e. The van der Waals surface area contributed by atoms with Gasteiger partial charge in [0.05, 0.1) is 18.1 Å². The summed E-state index contributed by atoms with van der Waals surface area (Å²) in [5.74, 6) is -0.364. The van der Waals surface area contributed by atoms with E-state index in [4.69, 9.17) is 9.47 Å². The molecule has 6 heteroatoms. The van der Waals surface area contributed by atoms with Crippen LogP contribution in [0.1, 0.15) is 13.3 Å². The molecule has 2 heterocycles. The molecule has 2 rings (SSSR count). The Bertz CT molecular complexity index is 360. The summed E-state index contributed by atoms with van der Waals surface area (Å²) in [6.45, 7) is 2.00. The molecule has 0 aliphatic carbocycles. The molecule has 0 bridgehead atoms. The van der Waals surface area contributed by atoms with Crippen LogP contribution in [0.25, 0.3) is 0 Å². The van der Waals surface area contributed by atoms with E-state index >= 15 is 0 Å². The molecule has 0 radical (unpaired) electrons. The smallest absolute Gasteiger partial charge is 0.338 e. The Morgan fingerprint density at radius 2 is 2.36 bits per heavy atom. The molecule has 0 aromatic carbocycles. The van der Waals surface area contributed by atoms with Crippen LogP contribution in [0.5, 0.6) is 0 Å². The monoisotopic (exact) mass is 220 g/mol. The first-order chi connectivity index (χ1) is 6.49. The van der Waals surface area contributed by atoms with E-state index in [0.717, 1.165) is 0 Å². The SMILES string of the molecule is CCOC(=O)C1OC12CCS(=O)(=O)C2. The summed E-state index contributed by atoms with van der Waals surface area (Å²) < 4.78 is 32.3. The van der Waals surface area contributed by atoms with Gasteiger partial charge in [-0.15, -0.1) is 0 Å². The molecule has 14 heavy (non-hydrogen) atoms. The lowest BCUT2D eigenvalue weighted by Gasteiger charge is -1.99. The normalized spacial score (nSPS) is 38.5. The number of hydrogen-bond donors (Lipinski definition) is 0. The van der Waals surface area contributed by atoms with Crippen LogP contribution in [0.4, 0.5) is 0 Å². The van der Waals surface area contributed by atoms with Crippen molar-refractivity contribution in [3.63, 3.8) is 0 Å². The van der Waals surface area contributed by atoms with Crippen molar-refractivity contribution in [3.8, 4) is 0 Å². The number of hydrogen-bond acceptors (Lipinski definition) is 5. The second kappa shape index (κ2) is 2.93. The van der Waals surface area contributed by atoms with Crippen molar-refractivity contribution < 1.29 is 22.7 Å². The van der Waals surface area contributed by atoms with Gasteiger partial charge in [0.2, 0.25) is 0 Å². The molecule has 2 atom stereocenters. The summed E-state index contributed by atoms with van der Waals surface area (Å²) >= 11 is 0. The van der Waals surface area contributed by atoms with Gasteiger partial charge in [-0.25, -0.2) is 13.2 Å². The molecule has 0 aromatic heterocycles. The molecule has 0 amide bonds. The first-order valence-corrected chi connectivity index (χ1v) is 6.36. The first-order valence-electron chi connectivity index (χ1n) is 4.54. The van der Waals surface area contributed by atoms with Gasteiger partial charge >= 0.3 is 5.97 Å². The maximum absolute atomic E-state index is 11.2. The van der Waals surface area contributed by atoms with E-state index in [1.165, 1.54) is 0 Å². The highest BCUT2D eigenvalue weighted by atomic mass is 32.2. The van der Waals surface area contributed by atoms with Gasteiger partial charge in [0.25, 0.3) is 0 Å². The third kappa shape index (κ3) is 1.52. The zero-order valence-electron chi connectivity index (χ0n) is 7.86. The van der Waals surface area contributed by atoms with Crippen molar-refractivity contribution in [2.24, 2.45) is 0 Å². The first kappa shape index (κ1) is 9.92. The topological polar surface area (TPSA) is 73.0 Å². The number of epoxide rings is 1. The minimum absolute atomic E-state index is 0.0382. The molecule has 2 saturated heterocycles. The van der Waals surface area contributed by atoms with E-state index in [0.29, 0.717) is 13.0 Å². The predicted molar refractivity (Wildman–Crippen MR) is 47.5 cm³/mol. The average Bonchev–Trinajstić information content (AvgIpc) is 2.67. The van der Waals surface area contributed by atoms with Crippen LogP contribution < -0.4 is 0 Å². The van der Waals surface area contributed by atoms with Gasteiger partial charge in [0.1, 0.15) is 5.60 Å². The quantitative estimate of drug-likeness (QED) is 0.463. The number of rotatable bonds is 2. The summed E-state index contributed by atoms with van der Waals surface area (Å²) in [6, 6.07) is 0. The molecule has 2 unspecified atom stereocenters. The van der Waals surface area contributed by atoms with E-state index in [1.807, 2.05) is 0 Å². The number of carbonyl (C=O) groups is 1. The molecule has 0 aromatic rings. The fourth-order valence-electron chi connectivity index (χ4n) is 1.83. The summed E-state index contributed by atoms with van der Waals surface area (Å²) in [4.78, 5) is 11.2. The Morgan fingerprint density at radius 1 is 1.64 bits per heavy atom. The van der Waals surface area contributed by atoms with Gasteiger partial charge in [-0.1, -0.05) is 0 Å². The van der Waals surface area contributed by atoms with Crippen LogP contribution in [-0.4, -0.2) is 44.2 Å². The van der Waals surface area contributed by atoms with Crippen molar-refractivity contribution in [3.05, 3.63) is 0 Å². The molecule has 0 saturated carbocycles. The van der Waals surface area contributed by atoms with Crippen molar-refractivity contribution in [1.29, 1.82) is 0 Å².